The Morgan fingerprint density at radius 1 is 1.18 bits per heavy atom. The van der Waals surface area contributed by atoms with Gasteiger partial charge in [0.1, 0.15) is 11.2 Å². The highest BCUT2D eigenvalue weighted by atomic mass is 16.3. The molecule has 1 aromatic carbocycles. The van der Waals surface area contributed by atoms with Crippen LogP contribution in [0.25, 0.3) is 11.5 Å². The minimum Gasteiger partial charge on any atom is -0.463 e. The Morgan fingerprint density at radius 2 is 2.00 bits per heavy atom. The predicted molar refractivity (Wildman–Crippen MR) is 107 cm³/mol. The molecule has 2 aromatic heterocycles. The molecule has 0 saturated carbocycles. The van der Waals surface area contributed by atoms with E-state index in [4.69, 9.17) is 4.42 Å². The molecule has 0 radical (unpaired) electrons. The quantitative estimate of drug-likeness (QED) is 0.700. The maximum atomic E-state index is 13.5. The van der Waals surface area contributed by atoms with E-state index in [-0.39, 0.29) is 11.5 Å². The third kappa shape index (κ3) is 3.05. The third-order valence-electron chi connectivity index (χ3n) is 5.23. The molecule has 6 nitrogen and oxygen atoms in total. The SMILES string of the molecule is Cc1ccc2c(c1)CCCN2C(=O)C(C)(C)n1nc(-c2ccco2)ccc1=O. The Balaban J connectivity index is 1.74. The second-order valence-electron chi connectivity index (χ2n) is 7.70. The van der Waals surface area contributed by atoms with Crippen LogP contribution >= 0.6 is 0 Å². The molecule has 144 valence electrons. The Bertz CT molecular complexity index is 1080. The second-order valence-corrected chi connectivity index (χ2v) is 7.70. The van der Waals surface area contributed by atoms with Crippen LogP contribution in [0.4, 0.5) is 5.69 Å². The summed E-state index contributed by atoms with van der Waals surface area (Å²) in [6, 6.07) is 12.7. The zero-order valence-electron chi connectivity index (χ0n) is 16.3. The van der Waals surface area contributed by atoms with Crippen molar-refractivity contribution in [2.45, 2.75) is 39.2 Å². The first kappa shape index (κ1) is 18.2. The zero-order chi connectivity index (χ0) is 19.9. The molecule has 0 unspecified atom stereocenters. The standard InChI is InChI=1S/C22H23N3O3/c1-15-8-10-18-16(14-15)6-4-12-24(18)21(27)22(2,3)25-20(26)11-9-17(23-25)19-7-5-13-28-19/h5,7-11,13-14H,4,6,12H2,1-3H3. The lowest BCUT2D eigenvalue weighted by Crippen LogP contribution is -2.52. The normalized spacial score (nSPS) is 14.0. The number of hydrogen-bond donors (Lipinski definition) is 0. The fourth-order valence-corrected chi connectivity index (χ4v) is 3.73. The van der Waals surface area contributed by atoms with Crippen LogP contribution in [0.5, 0.6) is 0 Å². The highest BCUT2D eigenvalue weighted by Crippen LogP contribution is 2.31. The Labute approximate surface area is 163 Å². The Morgan fingerprint density at radius 3 is 2.75 bits per heavy atom. The summed E-state index contributed by atoms with van der Waals surface area (Å²) in [5, 5.41) is 4.44. The summed E-state index contributed by atoms with van der Waals surface area (Å²) >= 11 is 0. The topological polar surface area (TPSA) is 68.3 Å². The van der Waals surface area contributed by atoms with Gasteiger partial charge in [-0.25, -0.2) is 4.68 Å². The lowest BCUT2D eigenvalue weighted by molar-refractivity contribution is -0.126. The fraction of sp³-hybridized carbons (Fsp3) is 0.318. The number of carbonyl (C=O) groups excluding carboxylic acids is 1. The van der Waals surface area contributed by atoms with Crippen LogP contribution in [0.1, 0.15) is 31.4 Å². The molecule has 0 fully saturated rings. The van der Waals surface area contributed by atoms with E-state index >= 15 is 0 Å². The van der Waals surface area contributed by atoms with Crippen LogP contribution in [0.2, 0.25) is 0 Å². The Hall–Kier alpha value is -3.15. The molecule has 3 heterocycles. The number of rotatable bonds is 3. The number of aryl methyl sites for hydroxylation is 2. The molecule has 1 aliphatic rings. The van der Waals surface area contributed by atoms with Gasteiger partial charge in [0.05, 0.1) is 6.26 Å². The van der Waals surface area contributed by atoms with Crippen molar-refractivity contribution in [3.8, 4) is 11.5 Å². The summed E-state index contributed by atoms with van der Waals surface area (Å²) in [5.74, 6) is 0.402. The van der Waals surface area contributed by atoms with Crippen molar-refractivity contribution in [2.24, 2.45) is 0 Å². The van der Waals surface area contributed by atoms with Crippen LogP contribution in [0.15, 0.2) is 57.9 Å². The van der Waals surface area contributed by atoms with Gasteiger partial charge in [0.2, 0.25) is 0 Å². The van der Waals surface area contributed by atoms with Crippen molar-refractivity contribution in [3.05, 3.63) is 70.2 Å². The van der Waals surface area contributed by atoms with E-state index in [1.54, 1.807) is 43.2 Å². The second kappa shape index (κ2) is 6.78. The van der Waals surface area contributed by atoms with Gasteiger partial charge in [0, 0.05) is 18.3 Å². The minimum absolute atomic E-state index is 0.150. The van der Waals surface area contributed by atoms with Crippen LogP contribution in [-0.4, -0.2) is 22.2 Å². The lowest BCUT2D eigenvalue weighted by atomic mass is 9.96. The summed E-state index contributed by atoms with van der Waals surface area (Å²) in [6.45, 7) is 6.15. The van der Waals surface area contributed by atoms with Gasteiger partial charge in [0.25, 0.3) is 11.5 Å². The van der Waals surface area contributed by atoms with Crippen LogP contribution in [-0.2, 0) is 16.8 Å². The molecule has 4 rings (SSSR count). The summed E-state index contributed by atoms with van der Waals surface area (Å²) in [5.41, 5.74) is 2.32. The average Bonchev–Trinajstić information content (AvgIpc) is 3.21. The molecular formula is C22H23N3O3. The predicted octanol–water partition coefficient (Wildman–Crippen LogP) is 3.53. The van der Waals surface area contributed by atoms with Crippen molar-refractivity contribution >= 4 is 11.6 Å². The van der Waals surface area contributed by atoms with Crippen LogP contribution in [0, 0.1) is 6.92 Å². The van der Waals surface area contributed by atoms with Gasteiger partial charge in [-0.1, -0.05) is 17.7 Å². The van der Waals surface area contributed by atoms with Gasteiger partial charge in [-0.3, -0.25) is 9.59 Å². The molecule has 0 bridgehead atoms. The van der Waals surface area contributed by atoms with Crippen molar-refractivity contribution < 1.29 is 9.21 Å². The van der Waals surface area contributed by atoms with E-state index in [0.29, 0.717) is 18.0 Å². The number of benzene rings is 1. The van der Waals surface area contributed by atoms with Crippen LogP contribution in [0.3, 0.4) is 0 Å². The molecule has 3 aromatic rings. The molecule has 28 heavy (non-hydrogen) atoms. The van der Waals surface area contributed by atoms with Gasteiger partial charge < -0.3 is 9.32 Å². The third-order valence-corrected chi connectivity index (χ3v) is 5.23. The fourth-order valence-electron chi connectivity index (χ4n) is 3.73. The number of anilines is 1. The molecule has 0 aliphatic carbocycles. The summed E-state index contributed by atoms with van der Waals surface area (Å²) in [4.78, 5) is 27.9. The molecule has 0 spiro atoms. The van der Waals surface area contributed by atoms with Crippen molar-refractivity contribution in [3.63, 3.8) is 0 Å². The average molecular weight is 377 g/mol. The number of fused-ring (bicyclic) bond motifs is 1. The molecule has 1 aliphatic heterocycles. The highest BCUT2D eigenvalue weighted by molar-refractivity contribution is 5.99. The number of amides is 1. The van der Waals surface area contributed by atoms with Crippen LogP contribution < -0.4 is 10.5 Å². The highest BCUT2D eigenvalue weighted by Gasteiger charge is 2.38. The molecule has 0 N–H and O–H groups in total. The van der Waals surface area contributed by atoms with Gasteiger partial charge in [0.15, 0.2) is 5.76 Å². The van der Waals surface area contributed by atoms with E-state index in [1.165, 1.54) is 21.9 Å². The van der Waals surface area contributed by atoms with Gasteiger partial charge in [-0.15, -0.1) is 0 Å². The maximum absolute atomic E-state index is 13.5. The maximum Gasteiger partial charge on any atom is 0.267 e. The molecular weight excluding hydrogens is 354 g/mol. The minimum atomic E-state index is -1.14. The van der Waals surface area contributed by atoms with Gasteiger partial charge in [-0.2, -0.15) is 5.10 Å². The van der Waals surface area contributed by atoms with E-state index < -0.39 is 5.54 Å². The lowest BCUT2D eigenvalue weighted by Gasteiger charge is -2.36. The largest absolute Gasteiger partial charge is 0.463 e. The van der Waals surface area contributed by atoms with E-state index in [9.17, 15) is 9.59 Å². The van der Waals surface area contributed by atoms with E-state index in [0.717, 1.165) is 18.5 Å². The summed E-state index contributed by atoms with van der Waals surface area (Å²) in [6.07, 6.45) is 3.40. The molecule has 6 heteroatoms. The Kier molecular flexibility index (Phi) is 4.41. The van der Waals surface area contributed by atoms with Gasteiger partial charge in [-0.05, 0) is 63.4 Å². The van der Waals surface area contributed by atoms with E-state index in [1.807, 2.05) is 12.1 Å². The van der Waals surface area contributed by atoms with Crippen molar-refractivity contribution in [2.75, 3.05) is 11.4 Å². The van der Waals surface area contributed by atoms with Gasteiger partial charge >= 0.3 is 0 Å². The first-order chi connectivity index (χ1) is 13.4. The number of furan rings is 1. The smallest absolute Gasteiger partial charge is 0.267 e. The first-order valence-corrected chi connectivity index (χ1v) is 9.44. The molecule has 1 amide bonds. The summed E-state index contributed by atoms with van der Waals surface area (Å²) in [7, 11) is 0. The van der Waals surface area contributed by atoms with E-state index in [2.05, 4.69) is 18.1 Å². The number of carbonyl (C=O) groups is 1. The number of hydrogen-bond acceptors (Lipinski definition) is 4. The van der Waals surface area contributed by atoms with Crippen molar-refractivity contribution in [1.29, 1.82) is 0 Å². The molecule has 0 atom stereocenters. The zero-order valence-corrected chi connectivity index (χ0v) is 16.3. The monoisotopic (exact) mass is 377 g/mol. The first-order valence-electron chi connectivity index (χ1n) is 9.44. The molecule has 0 saturated heterocycles. The number of nitrogens with zero attached hydrogens (tertiary/aromatic N) is 3. The number of aromatic nitrogens is 2. The van der Waals surface area contributed by atoms with Crippen molar-refractivity contribution in [1.82, 2.24) is 9.78 Å². The summed E-state index contributed by atoms with van der Waals surface area (Å²) < 4.78 is 6.65.